The van der Waals surface area contributed by atoms with Gasteiger partial charge in [-0.15, -0.1) is 0 Å². The van der Waals surface area contributed by atoms with Crippen molar-refractivity contribution in [2.24, 2.45) is 0 Å². The minimum atomic E-state index is -3.51. The number of nitrogens with zero attached hydrogens (tertiary/aromatic N) is 1. The highest BCUT2D eigenvalue weighted by molar-refractivity contribution is 7.89. The Morgan fingerprint density at radius 1 is 1.23 bits per heavy atom. The monoisotopic (exact) mass is 345 g/mol. The van der Waals surface area contributed by atoms with Crippen LogP contribution in [0.1, 0.15) is 46.0 Å². The van der Waals surface area contributed by atoms with Crippen molar-refractivity contribution in [3.05, 3.63) is 23.2 Å². The molecule has 0 bridgehead atoms. The summed E-state index contributed by atoms with van der Waals surface area (Å²) in [5.74, 6) is 0.421. The van der Waals surface area contributed by atoms with Crippen molar-refractivity contribution in [1.82, 2.24) is 4.31 Å². The fourth-order valence-electron chi connectivity index (χ4n) is 3.04. The lowest BCUT2D eigenvalue weighted by Crippen LogP contribution is -2.41. The van der Waals surface area contributed by atoms with Gasteiger partial charge in [-0.1, -0.05) is 37.8 Å². The van der Waals surface area contributed by atoms with E-state index >= 15 is 0 Å². The Morgan fingerprint density at radius 2 is 1.91 bits per heavy atom. The molecule has 22 heavy (non-hydrogen) atoms. The Balaban J connectivity index is 2.33. The molecule has 1 fully saturated rings. The molecule has 0 heterocycles. The lowest BCUT2D eigenvalue weighted by Gasteiger charge is -2.32. The van der Waals surface area contributed by atoms with E-state index in [-0.39, 0.29) is 10.9 Å². The first-order valence-electron chi connectivity index (χ1n) is 7.94. The maximum atomic E-state index is 13.0. The predicted octanol–water partition coefficient (Wildman–Crippen LogP) is 4.08. The van der Waals surface area contributed by atoms with Gasteiger partial charge < -0.3 is 4.74 Å². The molecule has 1 saturated carbocycles. The van der Waals surface area contributed by atoms with Crippen LogP contribution in [0.4, 0.5) is 0 Å². The zero-order valence-electron chi connectivity index (χ0n) is 13.2. The third kappa shape index (κ3) is 3.76. The zero-order valence-corrected chi connectivity index (χ0v) is 14.8. The maximum absolute atomic E-state index is 13.0. The minimum absolute atomic E-state index is 0.106. The highest BCUT2D eigenvalue weighted by Crippen LogP contribution is 2.32. The molecule has 0 atom stereocenters. The molecule has 0 amide bonds. The summed E-state index contributed by atoms with van der Waals surface area (Å²) < 4.78 is 33.0. The van der Waals surface area contributed by atoms with E-state index in [2.05, 4.69) is 0 Å². The van der Waals surface area contributed by atoms with Crippen LogP contribution in [0.15, 0.2) is 23.1 Å². The average Bonchev–Trinajstić information content (AvgIpc) is 2.51. The molecule has 0 saturated heterocycles. The van der Waals surface area contributed by atoms with E-state index in [1.54, 1.807) is 16.4 Å². The van der Waals surface area contributed by atoms with Crippen LogP contribution < -0.4 is 4.74 Å². The molecule has 0 aromatic heterocycles. The summed E-state index contributed by atoms with van der Waals surface area (Å²) in [6.45, 7) is 4.67. The van der Waals surface area contributed by atoms with Crippen LogP contribution in [-0.4, -0.2) is 31.9 Å². The molecule has 1 aliphatic carbocycles. The van der Waals surface area contributed by atoms with Crippen molar-refractivity contribution in [3.63, 3.8) is 0 Å². The highest BCUT2D eigenvalue weighted by Gasteiger charge is 2.31. The first-order chi connectivity index (χ1) is 10.5. The topological polar surface area (TPSA) is 46.6 Å². The fourth-order valence-corrected chi connectivity index (χ4v) is 4.92. The molecule has 1 aromatic rings. The number of hydrogen-bond donors (Lipinski definition) is 0. The summed E-state index contributed by atoms with van der Waals surface area (Å²) in [5, 5.41) is 0.432. The Bertz CT molecular complexity index is 597. The van der Waals surface area contributed by atoms with Crippen LogP contribution in [0, 0.1) is 0 Å². The molecule has 6 heteroatoms. The van der Waals surface area contributed by atoms with Gasteiger partial charge >= 0.3 is 0 Å². The molecule has 0 spiro atoms. The van der Waals surface area contributed by atoms with Crippen molar-refractivity contribution in [1.29, 1.82) is 0 Å². The second kappa shape index (κ2) is 7.66. The zero-order chi connectivity index (χ0) is 16.2. The summed E-state index contributed by atoms with van der Waals surface area (Å²) in [5.41, 5.74) is 0. The van der Waals surface area contributed by atoms with E-state index in [4.69, 9.17) is 16.3 Å². The highest BCUT2D eigenvalue weighted by atomic mass is 35.5. The van der Waals surface area contributed by atoms with Crippen molar-refractivity contribution < 1.29 is 13.2 Å². The molecule has 0 unspecified atom stereocenters. The first kappa shape index (κ1) is 17.6. The average molecular weight is 346 g/mol. The van der Waals surface area contributed by atoms with Crippen molar-refractivity contribution >= 4 is 21.6 Å². The molecular formula is C16H24ClNO3S. The van der Waals surface area contributed by atoms with Crippen molar-refractivity contribution in [2.45, 2.75) is 56.9 Å². The number of halogens is 1. The molecule has 2 rings (SSSR count). The van der Waals surface area contributed by atoms with Crippen molar-refractivity contribution in [2.75, 3.05) is 13.2 Å². The van der Waals surface area contributed by atoms with E-state index in [1.165, 1.54) is 12.5 Å². The van der Waals surface area contributed by atoms with Crippen LogP contribution >= 0.6 is 11.6 Å². The Morgan fingerprint density at radius 3 is 2.50 bits per heavy atom. The third-order valence-electron chi connectivity index (χ3n) is 4.10. The lowest BCUT2D eigenvalue weighted by atomic mass is 9.95. The van der Waals surface area contributed by atoms with Gasteiger partial charge in [-0.25, -0.2) is 8.42 Å². The van der Waals surface area contributed by atoms with E-state index in [1.807, 2.05) is 13.8 Å². The van der Waals surface area contributed by atoms with Gasteiger partial charge in [-0.3, -0.25) is 0 Å². The van der Waals surface area contributed by atoms with Gasteiger partial charge in [0.2, 0.25) is 10.0 Å². The normalized spacial score (nSPS) is 16.9. The fraction of sp³-hybridized carbons (Fsp3) is 0.625. The number of ether oxygens (including phenoxy) is 1. The molecule has 0 radical (unpaired) electrons. The number of sulfonamides is 1. The summed E-state index contributed by atoms with van der Waals surface area (Å²) in [6.07, 6.45) is 5.28. The van der Waals surface area contributed by atoms with Crippen LogP contribution in [0.3, 0.4) is 0 Å². The number of hydrogen-bond acceptors (Lipinski definition) is 3. The number of rotatable bonds is 6. The van der Waals surface area contributed by atoms with Gasteiger partial charge in [0.1, 0.15) is 5.75 Å². The van der Waals surface area contributed by atoms with Gasteiger partial charge in [0, 0.05) is 18.7 Å². The van der Waals surface area contributed by atoms with E-state index < -0.39 is 10.0 Å². The largest absolute Gasteiger partial charge is 0.492 e. The van der Waals surface area contributed by atoms with Gasteiger partial charge in [0.05, 0.1) is 16.5 Å². The van der Waals surface area contributed by atoms with Crippen LogP contribution in [-0.2, 0) is 10.0 Å². The Kier molecular flexibility index (Phi) is 6.12. The second-order valence-corrected chi connectivity index (χ2v) is 7.82. The maximum Gasteiger partial charge on any atom is 0.243 e. The van der Waals surface area contributed by atoms with E-state index in [0.717, 1.165) is 25.7 Å². The second-order valence-electron chi connectivity index (χ2n) is 5.53. The predicted molar refractivity (Wildman–Crippen MR) is 89.1 cm³/mol. The minimum Gasteiger partial charge on any atom is -0.492 e. The van der Waals surface area contributed by atoms with Crippen LogP contribution in [0.25, 0.3) is 0 Å². The smallest absolute Gasteiger partial charge is 0.243 e. The third-order valence-corrected chi connectivity index (χ3v) is 6.44. The Labute approximate surface area is 138 Å². The quantitative estimate of drug-likeness (QED) is 0.780. The van der Waals surface area contributed by atoms with Gasteiger partial charge in [0.25, 0.3) is 0 Å². The van der Waals surface area contributed by atoms with Gasteiger partial charge in [0.15, 0.2) is 0 Å². The van der Waals surface area contributed by atoms with Gasteiger partial charge in [-0.05, 0) is 31.9 Å². The van der Waals surface area contributed by atoms with E-state index in [9.17, 15) is 8.42 Å². The molecule has 4 nitrogen and oxygen atoms in total. The number of benzene rings is 1. The van der Waals surface area contributed by atoms with E-state index in [0.29, 0.717) is 23.9 Å². The summed E-state index contributed by atoms with van der Waals surface area (Å²) in [7, 11) is -3.51. The molecule has 1 aliphatic rings. The summed E-state index contributed by atoms with van der Waals surface area (Å²) >= 11 is 6.05. The first-order valence-corrected chi connectivity index (χ1v) is 9.76. The van der Waals surface area contributed by atoms with Gasteiger partial charge in [-0.2, -0.15) is 4.31 Å². The summed E-state index contributed by atoms with van der Waals surface area (Å²) in [6, 6.07) is 4.79. The molecule has 0 N–H and O–H groups in total. The van der Waals surface area contributed by atoms with Crippen molar-refractivity contribution in [3.8, 4) is 5.75 Å². The molecule has 1 aromatic carbocycles. The molecule has 124 valence electrons. The molecule has 0 aliphatic heterocycles. The standard InChI is InChI=1S/C16H24ClNO3S/c1-3-18(13-8-6-5-7-9-13)22(19,20)14-10-11-15(17)16(12-14)21-4-2/h10-13H,3-9H2,1-2H3. The SMILES string of the molecule is CCOc1cc(S(=O)(=O)N(CC)C2CCCCC2)ccc1Cl. The lowest BCUT2D eigenvalue weighted by molar-refractivity contribution is 0.261. The van der Waals surface area contributed by atoms with Crippen LogP contribution in [0.2, 0.25) is 5.02 Å². The molecular weight excluding hydrogens is 322 g/mol. The summed E-state index contributed by atoms with van der Waals surface area (Å²) in [4.78, 5) is 0.257. The Hall–Kier alpha value is -0.780. The van der Waals surface area contributed by atoms with Crippen LogP contribution in [0.5, 0.6) is 5.75 Å².